The quantitative estimate of drug-likeness (QED) is 0.602. The second kappa shape index (κ2) is 8.11. The highest BCUT2D eigenvalue weighted by molar-refractivity contribution is 6.08. The number of esters is 1. The number of carbonyl (C=O) groups excluding carboxylic acids is 2. The van der Waals surface area contributed by atoms with Crippen molar-refractivity contribution in [2.45, 2.75) is 0 Å². The van der Waals surface area contributed by atoms with Crippen molar-refractivity contribution < 1.29 is 33.6 Å². The summed E-state index contributed by atoms with van der Waals surface area (Å²) in [7, 11) is 5.53. The number of hydrogen-bond acceptors (Lipinski definition) is 7. The van der Waals surface area contributed by atoms with Crippen LogP contribution in [0.5, 0.6) is 23.0 Å². The summed E-state index contributed by atoms with van der Waals surface area (Å²) in [5, 5.41) is 12.6. The minimum absolute atomic E-state index is 0.125. The van der Waals surface area contributed by atoms with Gasteiger partial charge in [-0.15, -0.1) is 0 Å². The molecule has 2 aromatic rings. The molecule has 0 spiro atoms. The molecule has 0 atom stereocenters. The SMILES string of the molecule is COC(=O)c1ccc(NC(=O)c2ccc(OC)c(OC)c2OC)c(O)c1. The molecule has 0 aliphatic rings. The average Bonchev–Trinajstić information content (AvgIpc) is 2.67. The van der Waals surface area contributed by atoms with E-state index in [-0.39, 0.29) is 34.1 Å². The van der Waals surface area contributed by atoms with Gasteiger partial charge in [-0.25, -0.2) is 4.79 Å². The predicted octanol–water partition coefficient (Wildman–Crippen LogP) is 2.46. The van der Waals surface area contributed by atoms with Crippen LogP contribution < -0.4 is 19.5 Å². The fraction of sp³-hybridized carbons (Fsp3) is 0.222. The molecule has 8 heteroatoms. The van der Waals surface area contributed by atoms with Crippen molar-refractivity contribution in [2.75, 3.05) is 33.8 Å². The molecule has 0 radical (unpaired) electrons. The van der Waals surface area contributed by atoms with Crippen LogP contribution in [-0.2, 0) is 4.74 Å². The monoisotopic (exact) mass is 361 g/mol. The number of carbonyl (C=O) groups is 2. The van der Waals surface area contributed by atoms with E-state index < -0.39 is 11.9 Å². The summed E-state index contributed by atoms with van der Waals surface area (Å²) >= 11 is 0. The summed E-state index contributed by atoms with van der Waals surface area (Å²) in [5.41, 5.74) is 0.466. The number of benzene rings is 2. The van der Waals surface area contributed by atoms with Crippen molar-refractivity contribution in [3.05, 3.63) is 41.5 Å². The third kappa shape index (κ3) is 3.64. The molecule has 0 unspecified atom stereocenters. The van der Waals surface area contributed by atoms with E-state index in [1.807, 2.05) is 0 Å². The molecule has 2 N–H and O–H groups in total. The molecule has 2 rings (SSSR count). The van der Waals surface area contributed by atoms with Gasteiger partial charge in [-0.05, 0) is 30.3 Å². The van der Waals surface area contributed by atoms with E-state index in [4.69, 9.17) is 14.2 Å². The van der Waals surface area contributed by atoms with Crippen LogP contribution in [0.1, 0.15) is 20.7 Å². The van der Waals surface area contributed by atoms with Gasteiger partial charge < -0.3 is 29.4 Å². The average molecular weight is 361 g/mol. The van der Waals surface area contributed by atoms with Gasteiger partial charge in [0.25, 0.3) is 5.91 Å². The summed E-state index contributed by atoms with van der Waals surface area (Å²) in [6.07, 6.45) is 0. The Morgan fingerprint density at radius 3 is 2.15 bits per heavy atom. The van der Waals surface area contributed by atoms with E-state index >= 15 is 0 Å². The van der Waals surface area contributed by atoms with Gasteiger partial charge in [-0.3, -0.25) is 4.79 Å². The third-order valence-corrected chi connectivity index (χ3v) is 3.62. The number of methoxy groups -OCH3 is 4. The zero-order valence-corrected chi connectivity index (χ0v) is 14.8. The van der Waals surface area contributed by atoms with Gasteiger partial charge in [0.2, 0.25) is 5.75 Å². The number of ether oxygens (including phenoxy) is 4. The van der Waals surface area contributed by atoms with Gasteiger partial charge in [0.05, 0.1) is 45.3 Å². The van der Waals surface area contributed by atoms with Crippen molar-refractivity contribution in [1.29, 1.82) is 0 Å². The summed E-state index contributed by atoms with van der Waals surface area (Å²) in [4.78, 5) is 24.1. The summed E-state index contributed by atoms with van der Waals surface area (Å²) in [6, 6.07) is 7.10. The van der Waals surface area contributed by atoms with Crippen LogP contribution in [0.3, 0.4) is 0 Å². The molecule has 1 amide bonds. The van der Waals surface area contributed by atoms with Crippen molar-refractivity contribution in [2.24, 2.45) is 0 Å². The molecule has 0 fully saturated rings. The topological polar surface area (TPSA) is 103 Å². The van der Waals surface area contributed by atoms with E-state index in [2.05, 4.69) is 10.1 Å². The minimum Gasteiger partial charge on any atom is -0.506 e. The first-order valence-corrected chi connectivity index (χ1v) is 7.48. The lowest BCUT2D eigenvalue weighted by atomic mass is 10.1. The molecule has 0 aliphatic carbocycles. The first-order chi connectivity index (χ1) is 12.5. The first-order valence-electron chi connectivity index (χ1n) is 7.48. The highest BCUT2D eigenvalue weighted by Gasteiger charge is 2.21. The van der Waals surface area contributed by atoms with Crippen LogP contribution in [0.25, 0.3) is 0 Å². The third-order valence-electron chi connectivity index (χ3n) is 3.62. The molecule has 2 aromatic carbocycles. The Hall–Kier alpha value is -3.42. The molecule has 0 heterocycles. The van der Waals surface area contributed by atoms with Gasteiger partial charge in [-0.2, -0.15) is 0 Å². The Bertz CT molecular complexity index is 833. The predicted molar refractivity (Wildman–Crippen MR) is 93.5 cm³/mol. The molecular formula is C18H19NO7. The van der Waals surface area contributed by atoms with Gasteiger partial charge in [0.15, 0.2) is 11.5 Å². The van der Waals surface area contributed by atoms with Gasteiger partial charge in [-0.1, -0.05) is 0 Å². The zero-order chi connectivity index (χ0) is 19.3. The van der Waals surface area contributed by atoms with Gasteiger partial charge in [0, 0.05) is 0 Å². The highest BCUT2D eigenvalue weighted by atomic mass is 16.5. The van der Waals surface area contributed by atoms with E-state index in [0.29, 0.717) is 5.75 Å². The number of rotatable bonds is 6. The van der Waals surface area contributed by atoms with Gasteiger partial charge >= 0.3 is 5.97 Å². The summed E-state index contributed by atoms with van der Waals surface area (Å²) < 4.78 is 20.3. The number of phenols is 1. The minimum atomic E-state index is -0.597. The molecule has 0 saturated heterocycles. The van der Waals surface area contributed by atoms with Crippen LogP contribution in [0.2, 0.25) is 0 Å². The summed E-state index contributed by atoms with van der Waals surface area (Å²) in [6.45, 7) is 0. The second-order valence-electron chi connectivity index (χ2n) is 5.06. The smallest absolute Gasteiger partial charge is 0.337 e. The van der Waals surface area contributed by atoms with Gasteiger partial charge in [0.1, 0.15) is 5.75 Å². The van der Waals surface area contributed by atoms with E-state index in [1.54, 1.807) is 6.07 Å². The number of anilines is 1. The zero-order valence-electron chi connectivity index (χ0n) is 14.8. The first kappa shape index (κ1) is 18.9. The van der Waals surface area contributed by atoms with Crippen LogP contribution >= 0.6 is 0 Å². The van der Waals surface area contributed by atoms with Crippen molar-refractivity contribution in [1.82, 2.24) is 0 Å². The number of aromatic hydroxyl groups is 1. The number of phenolic OH excluding ortho intramolecular Hbond substituents is 1. The van der Waals surface area contributed by atoms with Crippen molar-refractivity contribution in [3.63, 3.8) is 0 Å². The Balaban J connectivity index is 2.35. The number of nitrogens with one attached hydrogen (secondary N) is 1. The number of hydrogen-bond donors (Lipinski definition) is 2. The lowest BCUT2D eigenvalue weighted by Crippen LogP contribution is -2.14. The summed E-state index contributed by atoms with van der Waals surface area (Å²) in [5.74, 6) is -0.543. The molecule has 0 aromatic heterocycles. The second-order valence-corrected chi connectivity index (χ2v) is 5.06. The lowest BCUT2D eigenvalue weighted by Gasteiger charge is -2.16. The normalized spacial score (nSPS) is 10.0. The molecule has 0 aliphatic heterocycles. The molecule has 138 valence electrons. The maximum Gasteiger partial charge on any atom is 0.337 e. The Kier molecular flexibility index (Phi) is 5.90. The largest absolute Gasteiger partial charge is 0.506 e. The Morgan fingerprint density at radius 1 is 0.923 bits per heavy atom. The lowest BCUT2D eigenvalue weighted by molar-refractivity contribution is 0.0600. The highest BCUT2D eigenvalue weighted by Crippen LogP contribution is 2.40. The van der Waals surface area contributed by atoms with Crippen molar-refractivity contribution >= 4 is 17.6 Å². The van der Waals surface area contributed by atoms with Crippen LogP contribution in [0.4, 0.5) is 5.69 Å². The maximum absolute atomic E-state index is 12.6. The fourth-order valence-corrected chi connectivity index (χ4v) is 2.35. The van der Waals surface area contributed by atoms with Crippen LogP contribution in [0.15, 0.2) is 30.3 Å². The van der Waals surface area contributed by atoms with Crippen LogP contribution in [-0.4, -0.2) is 45.4 Å². The molecular weight excluding hydrogens is 342 g/mol. The van der Waals surface area contributed by atoms with E-state index in [0.717, 1.165) is 0 Å². The van der Waals surface area contributed by atoms with E-state index in [9.17, 15) is 14.7 Å². The Morgan fingerprint density at radius 2 is 1.62 bits per heavy atom. The number of amides is 1. The maximum atomic E-state index is 12.6. The van der Waals surface area contributed by atoms with E-state index in [1.165, 1.54) is 52.7 Å². The van der Waals surface area contributed by atoms with Crippen LogP contribution in [0, 0.1) is 0 Å². The molecule has 26 heavy (non-hydrogen) atoms. The molecule has 0 bridgehead atoms. The molecule has 8 nitrogen and oxygen atoms in total. The molecule has 0 saturated carbocycles. The Labute approximate surface area is 150 Å². The van der Waals surface area contributed by atoms with Crippen molar-refractivity contribution in [3.8, 4) is 23.0 Å². The fourth-order valence-electron chi connectivity index (χ4n) is 2.35. The standard InChI is InChI=1S/C18H19NO7/c1-23-14-8-6-11(15(24-2)16(14)25-3)17(21)19-12-7-5-10(9-13(12)20)18(22)26-4/h5-9,20H,1-4H3,(H,19,21).